The molecule has 1 fully saturated rings. The maximum atomic E-state index is 12.1. The number of aliphatic carboxylic acids is 1. The molecule has 6 heteroatoms. The van der Waals surface area contributed by atoms with E-state index in [1.165, 1.54) is 19.0 Å². The molecular weight excluding hydrogens is 296 g/mol. The minimum Gasteiger partial charge on any atom is -0.480 e. The van der Waals surface area contributed by atoms with E-state index in [9.17, 15) is 14.7 Å². The van der Waals surface area contributed by atoms with Crippen molar-refractivity contribution in [2.75, 3.05) is 0 Å². The largest absolute Gasteiger partial charge is 0.480 e. The molecule has 1 amide bonds. The number of nitrogens with zero attached hydrogens (tertiary/aromatic N) is 1. The molecule has 0 radical (unpaired) electrons. The second-order valence-corrected chi connectivity index (χ2v) is 6.40. The third kappa shape index (κ3) is 5.23. The Morgan fingerprint density at radius 3 is 2.57 bits per heavy atom. The molecule has 0 spiro atoms. The van der Waals surface area contributed by atoms with Gasteiger partial charge in [0.2, 0.25) is 5.88 Å². The van der Waals surface area contributed by atoms with E-state index >= 15 is 0 Å². The van der Waals surface area contributed by atoms with E-state index in [-0.39, 0.29) is 12.0 Å². The van der Waals surface area contributed by atoms with Crippen molar-refractivity contribution in [3.63, 3.8) is 0 Å². The zero-order chi connectivity index (χ0) is 16.8. The van der Waals surface area contributed by atoms with Gasteiger partial charge in [0, 0.05) is 12.3 Å². The number of carbonyl (C=O) groups is 2. The van der Waals surface area contributed by atoms with Gasteiger partial charge in [-0.3, -0.25) is 4.79 Å². The highest BCUT2D eigenvalue weighted by Crippen LogP contribution is 2.22. The number of pyridine rings is 1. The van der Waals surface area contributed by atoms with Gasteiger partial charge in [-0.15, -0.1) is 0 Å². The Kier molecular flexibility index (Phi) is 5.96. The SMILES string of the molecule is CC(C)CC(NC(=O)c1ccc(OC2CCCC2)nc1)C(=O)O. The monoisotopic (exact) mass is 320 g/mol. The topological polar surface area (TPSA) is 88.5 Å². The van der Waals surface area contributed by atoms with Crippen molar-refractivity contribution >= 4 is 11.9 Å². The van der Waals surface area contributed by atoms with Crippen molar-refractivity contribution in [1.82, 2.24) is 10.3 Å². The van der Waals surface area contributed by atoms with Gasteiger partial charge in [-0.25, -0.2) is 9.78 Å². The first kappa shape index (κ1) is 17.2. The number of aromatic nitrogens is 1. The summed E-state index contributed by atoms with van der Waals surface area (Å²) in [5, 5.41) is 11.7. The first-order valence-electron chi connectivity index (χ1n) is 8.12. The molecule has 1 aromatic heterocycles. The second-order valence-electron chi connectivity index (χ2n) is 6.40. The van der Waals surface area contributed by atoms with Crippen molar-refractivity contribution in [1.29, 1.82) is 0 Å². The van der Waals surface area contributed by atoms with E-state index in [0.717, 1.165) is 12.8 Å². The molecule has 0 bridgehead atoms. The van der Waals surface area contributed by atoms with E-state index in [4.69, 9.17) is 4.74 Å². The molecule has 1 aliphatic rings. The molecule has 0 saturated heterocycles. The van der Waals surface area contributed by atoms with Crippen LogP contribution in [0.25, 0.3) is 0 Å². The van der Waals surface area contributed by atoms with Gasteiger partial charge in [-0.2, -0.15) is 0 Å². The lowest BCUT2D eigenvalue weighted by Gasteiger charge is -2.16. The Bertz CT molecular complexity index is 536. The number of hydrogen-bond acceptors (Lipinski definition) is 4. The third-order valence-corrected chi connectivity index (χ3v) is 3.90. The second kappa shape index (κ2) is 7.94. The van der Waals surface area contributed by atoms with Gasteiger partial charge < -0.3 is 15.2 Å². The van der Waals surface area contributed by atoms with Gasteiger partial charge in [-0.05, 0) is 44.1 Å². The quantitative estimate of drug-likeness (QED) is 0.806. The molecule has 1 aliphatic carbocycles. The fourth-order valence-corrected chi connectivity index (χ4v) is 2.70. The van der Waals surface area contributed by atoms with Gasteiger partial charge in [0.25, 0.3) is 5.91 Å². The van der Waals surface area contributed by atoms with Crippen LogP contribution >= 0.6 is 0 Å². The predicted octanol–water partition coefficient (Wildman–Crippen LogP) is 2.63. The summed E-state index contributed by atoms with van der Waals surface area (Å²) in [6.07, 6.45) is 6.46. The van der Waals surface area contributed by atoms with Gasteiger partial charge >= 0.3 is 5.97 Å². The molecule has 1 atom stereocenters. The van der Waals surface area contributed by atoms with Crippen molar-refractivity contribution in [3.8, 4) is 5.88 Å². The Hall–Kier alpha value is -2.11. The minimum atomic E-state index is -1.03. The van der Waals surface area contributed by atoms with Crippen LogP contribution in [0.15, 0.2) is 18.3 Å². The zero-order valence-electron chi connectivity index (χ0n) is 13.6. The molecule has 1 aromatic rings. The summed E-state index contributed by atoms with van der Waals surface area (Å²) in [6.45, 7) is 3.83. The normalized spacial score (nSPS) is 16.3. The number of carboxylic acid groups (broad SMARTS) is 1. The molecule has 0 aromatic carbocycles. The van der Waals surface area contributed by atoms with Gasteiger partial charge in [0.15, 0.2) is 0 Å². The van der Waals surface area contributed by atoms with Crippen molar-refractivity contribution in [2.24, 2.45) is 5.92 Å². The Morgan fingerprint density at radius 1 is 1.35 bits per heavy atom. The van der Waals surface area contributed by atoms with Crippen LogP contribution in [0, 0.1) is 5.92 Å². The maximum Gasteiger partial charge on any atom is 0.326 e. The molecule has 2 N–H and O–H groups in total. The number of amides is 1. The van der Waals surface area contributed by atoms with Crippen LogP contribution < -0.4 is 10.1 Å². The molecule has 126 valence electrons. The van der Waals surface area contributed by atoms with Crippen LogP contribution in [0.5, 0.6) is 5.88 Å². The lowest BCUT2D eigenvalue weighted by atomic mass is 10.0. The van der Waals surface area contributed by atoms with E-state index in [1.807, 2.05) is 13.8 Å². The lowest BCUT2D eigenvalue weighted by molar-refractivity contribution is -0.139. The molecule has 2 rings (SSSR count). The standard InChI is InChI=1S/C17H24N2O4/c1-11(2)9-14(17(21)22)19-16(20)12-7-8-15(18-10-12)23-13-5-3-4-6-13/h7-8,10-11,13-14H,3-6,9H2,1-2H3,(H,19,20)(H,21,22). The van der Waals surface area contributed by atoms with E-state index < -0.39 is 17.9 Å². The molecule has 6 nitrogen and oxygen atoms in total. The van der Waals surface area contributed by atoms with Crippen molar-refractivity contribution in [3.05, 3.63) is 23.9 Å². The van der Waals surface area contributed by atoms with Crippen LogP contribution in [0.3, 0.4) is 0 Å². The Labute approximate surface area is 136 Å². The first-order valence-corrected chi connectivity index (χ1v) is 8.12. The number of rotatable bonds is 7. The summed E-state index contributed by atoms with van der Waals surface area (Å²) in [7, 11) is 0. The smallest absolute Gasteiger partial charge is 0.326 e. The zero-order valence-corrected chi connectivity index (χ0v) is 13.6. The van der Waals surface area contributed by atoms with Crippen molar-refractivity contribution in [2.45, 2.75) is 58.1 Å². The summed E-state index contributed by atoms with van der Waals surface area (Å²) in [5.41, 5.74) is 0.332. The van der Waals surface area contributed by atoms with Crippen molar-refractivity contribution < 1.29 is 19.4 Å². The van der Waals surface area contributed by atoms with E-state index in [0.29, 0.717) is 17.9 Å². The van der Waals surface area contributed by atoms with Crippen LogP contribution in [0.1, 0.15) is 56.3 Å². The fourth-order valence-electron chi connectivity index (χ4n) is 2.70. The summed E-state index contributed by atoms with van der Waals surface area (Å²) < 4.78 is 5.75. The van der Waals surface area contributed by atoms with Gasteiger partial charge in [-0.1, -0.05) is 13.8 Å². The summed E-state index contributed by atoms with van der Waals surface area (Å²) in [6, 6.07) is 2.38. The number of ether oxygens (including phenoxy) is 1. The summed E-state index contributed by atoms with van der Waals surface area (Å²) in [4.78, 5) is 27.5. The highest BCUT2D eigenvalue weighted by molar-refractivity contribution is 5.96. The maximum absolute atomic E-state index is 12.1. The number of nitrogens with one attached hydrogen (secondary N) is 1. The fraction of sp³-hybridized carbons (Fsp3) is 0.588. The molecule has 1 unspecified atom stereocenters. The molecule has 1 heterocycles. The Morgan fingerprint density at radius 2 is 2.04 bits per heavy atom. The Balaban J connectivity index is 1.94. The summed E-state index contributed by atoms with van der Waals surface area (Å²) >= 11 is 0. The molecule has 0 aliphatic heterocycles. The average Bonchev–Trinajstić information content (AvgIpc) is 2.99. The first-order chi connectivity index (χ1) is 11.0. The van der Waals surface area contributed by atoms with Gasteiger partial charge in [0.05, 0.1) is 5.56 Å². The minimum absolute atomic E-state index is 0.178. The highest BCUT2D eigenvalue weighted by atomic mass is 16.5. The van der Waals surface area contributed by atoms with Crippen LogP contribution in [0.2, 0.25) is 0 Å². The van der Waals surface area contributed by atoms with Crippen LogP contribution in [0.4, 0.5) is 0 Å². The number of hydrogen-bond donors (Lipinski definition) is 2. The lowest BCUT2D eigenvalue weighted by Crippen LogP contribution is -2.41. The molecule has 23 heavy (non-hydrogen) atoms. The van der Waals surface area contributed by atoms with E-state index in [2.05, 4.69) is 10.3 Å². The summed E-state index contributed by atoms with van der Waals surface area (Å²) in [5.74, 6) is -0.777. The highest BCUT2D eigenvalue weighted by Gasteiger charge is 2.22. The number of carboxylic acids is 1. The predicted molar refractivity (Wildman–Crippen MR) is 85.5 cm³/mol. The van der Waals surface area contributed by atoms with Crippen LogP contribution in [-0.2, 0) is 4.79 Å². The molecular formula is C17H24N2O4. The van der Waals surface area contributed by atoms with E-state index in [1.54, 1.807) is 12.1 Å². The van der Waals surface area contributed by atoms with Crippen LogP contribution in [-0.4, -0.2) is 34.1 Å². The molecule has 1 saturated carbocycles. The third-order valence-electron chi connectivity index (χ3n) is 3.90. The van der Waals surface area contributed by atoms with Gasteiger partial charge in [0.1, 0.15) is 12.1 Å². The average molecular weight is 320 g/mol. The number of carbonyl (C=O) groups excluding carboxylic acids is 1.